The molecule has 1 N–H and O–H groups in total. The van der Waals surface area contributed by atoms with E-state index in [0.29, 0.717) is 28.0 Å². The molecule has 52 heavy (non-hydrogen) atoms. The number of fused-ring (bicyclic) bond motifs is 3. The van der Waals surface area contributed by atoms with E-state index >= 15 is 0 Å². The zero-order valence-electron chi connectivity index (χ0n) is 31.5. The van der Waals surface area contributed by atoms with Gasteiger partial charge in [0.05, 0.1) is 7.11 Å². The summed E-state index contributed by atoms with van der Waals surface area (Å²) < 4.78 is 42.4. The van der Waals surface area contributed by atoms with Crippen molar-refractivity contribution in [2.75, 3.05) is 13.7 Å². The molecule has 2 aliphatic carbocycles. The van der Waals surface area contributed by atoms with Crippen LogP contribution in [0.5, 0.6) is 11.5 Å². The molecule has 278 valence electrons. The summed E-state index contributed by atoms with van der Waals surface area (Å²) in [7, 11) is -3.04. The molecule has 2 fully saturated rings. The number of esters is 1. The van der Waals surface area contributed by atoms with Crippen LogP contribution in [0.3, 0.4) is 0 Å². The normalized spacial score (nSPS) is 27.6. The Morgan fingerprint density at radius 2 is 1.69 bits per heavy atom. The predicted octanol–water partition coefficient (Wildman–Crippen LogP) is 7.21. The third-order valence-corrected chi connectivity index (χ3v) is 20.9. The number of aryl methyl sites for hydroxylation is 1. The molecule has 0 unspecified atom stereocenters. The van der Waals surface area contributed by atoms with Crippen LogP contribution in [0.1, 0.15) is 63.9 Å². The molecule has 10 nitrogen and oxygen atoms in total. The van der Waals surface area contributed by atoms with E-state index in [9.17, 15) is 14.7 Å². The average molecular weight is 747 g/mol. The lowest BCUT2D eigenvalue weighted by Gasteiger charge is -2.40. The van der Waals surface area contributed by atoms with E-state index in [2.05, 4.69) is 65.2 Å². The van der Waals surface area contributed by atoms with Gasteiger partial charge in [-0.25, -0.2) is 9.59 Å². The van der Waals surface area contributed by atoms with Gasteiger partial charge in [0.25, 0.3) is 8.32 Å². The highest BCUT2D eigenvalue weighted by atomic mass is 28.4. The van der Waals surface area contributed by atoms with Gasteiger partial charge in [0, 0.05) is 17.4 Å². The summed E-state index contributed by atoms with van der Waals surface area (Å²) in [4.78, 5) is 26.6. The summed E-state index contributed by atoms with van der Waals surface area (Å²) in [5.41, 5.74) is -1.30. The van der Waals surface area contributed by atoms with E-state index in [4.69, 9.17) is 32.5 Å². The van der Waals surface area contributed by atoms with Crippen LogP contribution in [0.25, 0.3) is 10.8 Å². The molecular formula is C40H50O10Si2. The SMILES string of the molecule is CC[Si](CC)(CC)Oc1ccc2c(C)cc(OC)cc2c1C(=O)O[C@@H]1C=C2C#C[C@]3([C@H]4COC(=O)O4)O[C@@H]3C#CC[C@]2(O)[C@H]1O[Si](CC)(CC)CC. The van der Waals surface area contributed by atoms with Crippen molar-refractivity contribution in [2.24, 2.45) is 0 Å². The van der Waals surface area contributed by atoms with Gasteiger partial charge in [-0.3, -0.25) is 0 Å². The Labute approximate surface area is 308 Å². The second-order valence-corrected chi connectivity index (χ2v) is 23.6. The lowest BCUT2D eigenvalue weighted by Crippen LogP contribution is -2.54. The van der Waals surface area contributed by atoms with Crippen molar-refractivity contribution in [3.63, 3.8) is 0 Å². The summed E-state index contributed by atoms with van der Waals surface area (Å²) in [5.74, 6) is 12.9. The topological polar surface area (TPSA) is 122 Å². The fraction of sp³-hybridized carbons (Fsp3) is 0.550. The fourth-order valence-electron chi connectivity index (χ4n) is 7.76. The minimum atomic E-state index is -2.40. The second-order valence-electron chi connectivity index (χ2n) is 14.2. The Kier molecular flexibility index (Phi) is 10.6. The summed E-state index contributed by atoms with van der Waals surface area (Å²) in [5, 5.41) is 14.2. The number of aliphatic hydroxyl groups is 1. The van der Waals surface area contributed by atoms with Crippen molar-refractivity contribution in [3.05, 3.63) is 47.0 Å². The summed E-state index contributed by atoms with van der Waals surface area (Å²) in [6.45, 7) is 14.7. The minimum Gasteiger partial charge on any atom is -0.543 e. The van der Waals surface area contributed by atoms with Crippen LogP contribution in [0.2, 0.25) is 36.3 Å². The molecule has 6 atom stereocenters. The molecule has 0 amide bonds. The number of carbonyl (C=O) groups excluding carboxylic acids is 2. The Hall–Kier alpha value is -3.79. The Morgan fingerprint density at radius 1 is 1.00 bits per heavy atom. The van der Waals surface area contributed by atoms with Crippen LogP contribution >= 0.6 is 0 Å². The van der Waals surface area contributed by atoms with Crippen molar-refractivity contribution >= 4 is 39.5 Å². The number of methoxy groups -OCH3 is 1. The van der Waals surface area contributed by atoms with E-state index < -0.39 is 64.4 Å². The van der Waals surface area contributed by atoms with Gasteiger partial charge in [0.1, 0.15) is 41.5 Å². The van der Waals surface area contributed by atoms with E-state index in [1.807, 2.05) is 31.2 Å². The maximum Gasteiger partial charge on any atom is 0.508 e. The Bertz CT molecular complexity index is 1880. The first-order chi connectivity index (χ1) is 24.9. The summed E-state index contributed by atoms with van der Waals surface area (Å²) in [6.07, 6.45) is -2.47. The molecule has 0 spiro atoms. The lowest BCUT2D eigenvalue weighted by molar-refractivity contribution is -0.0702. The molecule has 2 aromatic carbocycles. The predicted molar refractivity (Wildman–Crippen MR) is 201 cm³/mol. The standard InChI is InChI=1S/C40H50O10Si2/c1-9-51(10-2,11-3)49-31-18-17-29-26(7)22-28(44-8)24-30(29)35(31)37(41)46-32-23-27-19-21-40(34-25-45-38(42)47-34)33(48-40)16-15-20-39(27,43)36(32)50-52(12-4,13-5)14-6/h17-18,22-24,32-34,36,43H,9-14,20,25H2,1-8H3/t32-,33-,34-,36+,39-,40+/m1/s1. The van der Waals surface area contributed by atoms with Gasteiger partial charge in [0.15, 0.2) is 20.5 Å². The highest BCUT2D eigenvalue weighted by Gasteiger charge is 2.65. The van der Waals surface area contributed by atoms with Crippen LogP contribution in [-0.4, -0.2) is 83.2 Å². The number of cyclic esters (lactones) is 2. The number of hydrogen-bond acceptors (Lipinski definition) is 10. The average Bonchev–Trinajstić information content (AvgIpc) is 3.54. The van der Waals surface area contributed by atoms with Gasteiger partial charge in [0.2, 0.25) is 5.60 Å². The zero-order chi connectivity index (χ0) is 37.5. The van der Waals surface area contributed by atoms with Crippen LogP contribution in [0.15, 0.2) is 35.9 Å². The monoisotopic (exact) mass is 746 g/mol. The van der Waals surface area contributed by atoms with E-state index in [1.165, 1.54) is 0 Å². The molecule has 0 bridgehead atoms. The molecule has 12 heteroatoms. The molecule has 2 heterocycles. The maximum atomic E-state index is 14.8. The zero-order valence-corrected chi connectivity index (χ0v) is 33.5. The van der Waals surface area contributed by atoms with Crippen molar-refractivity contribution in [3.8, 4) is 35.2 Å². The van der Waals surface area contributed by atoms with Gasteiger partial charge in [-0.1, -0.05) is 71.3 Å². The van der Waals surface area contributed by atoms with Crippen LogP contribution in [0.4, 0.5) is 4.79 Å². The third-order valence-electron chi connectivity index (χ3n) is 11.8. The number of ether oxygens (including phenoxy) is 5. The van der Waals surface area contributed by atoms with Crippen LogP contribution in [0, 0.1) is 30.6 Å². The fourth-order valence-corrected chi connectivity index (χ4v) is 13.2. The molecule has 0 aromatic heterocycles. The Morgan fingerprint density at radius 3 is 2.31 bits per heavy atom. The lowest BCUT2D eigenvalue weighted by atomic mass is 9.89. The molecule has 0 radical (unpaired) electrons. The molecular weight excluding hydrogens is 697 g/mol. The maximum absolute atomic E-state index is 14.8. The van der Waals surface area contributed by atoms with E-state index in [1.54, 1.807) is 13.2 Å². The number of benzene rings is 2. The Balaban J connectivity index is 1.47. The first-order valence-corrected chi connectivity index (χ1v) is 23.6. The molecule has 2 aromatic rings. The second kappa shape index (κ2) is 14.6. The van der Waals surface area contributed by atoms with Crippen molar-refractivity contribution in [1.29, 1.82) is 0 Å². The molecule has 4 aliphatic rings. The van der Waals surface area contributed by atoms with Crippen LogP contribution < -0.4 is 9.16 Å². The largest absolute Gasteiger partial charge is 0.543 e. The van der Waals surface area contributed by atoms with Gasteiger partial charge < -0.3 is 37.6 Å². The van der Waals surface area contributed by atoms with E-state index in [0.717, 1.165) is 47.2 Å². The smallest absolute Gasteiger partial charge is 0.508 e. The first-order valence-electron chi connectivity index (χ1n) is 18.6. The number of carbonyl (C=O) groups is 2. The molecule has 2 saturated heterocycles. The van der Waals surface area contributed by atoms with Gasteiger partial charge >= 0.3 is 12.1 Å². The molecule has 0 saturated carbocycles. The summed E-state index contributed by atoms with van der Waals surface area (Å²) in [6, 6.07) is 12.7. The number of epoxide rings is 1. The van der Waals surface area contributed by atoms with Crippen LogP contribution in [-0.2, 0) is 23.4 Å². The van der Waals surface area contributed by atoms with Crippen molar-refractivity contribution in [2.45, 2.75) is 127 Å². The quantitative estimate of drug-likeness (QED) is 0.0919. The van der Waals surface area contributed by atoms with Crippen molar-refractivity contribution in [1.82, 2.24) is 0 Å². The highest BCUT2D eigenvalue weighted by molar-refractivity contribution is 6.74. The van der Waals surface area contributed by atoms with Gasteiger partial charge in [-0.15, -0.1) is 0 Å². The minimum absolute atomic E-state index is 0.0173. The third kappa shape index (κ3) is 6.54. The first kappa shape index (κ1) is 38.0. The number of hydrogen-bond donors (Lipinski definition) is 1. The number of rotatable bonds is 14. The molecule has 2 aliphatic heterocycles. The van der Waals surface area contributed by atoms with Gasteiger partial charge in [-0.05, 0) is 78.4 Å². The summed E-state index contributed by atoms with van der Waals surface area (Å²) >= 11 is 0. The van der Waals surface area contributed by atoms with Crippen molar-refractivity contribution < 1.29 is 47.2 Å². The van der Waals surface area contributed by atoms with Gasteiger partial charge in [-0.2, -0.15) is 0 Å². The van der Waals surface area contributed by atoms with E-state index in [-0.39, 0.29) is 13.0 Å². The highest BCUT2D eigenvalue weighted by Crippen LogP contribution is 2.46. The molecule has 6 rings (SSSR count).